The van der Waals surface area contributed by atoms with Gasteiger partial charge in [0.25, 0.3) is 0 Å². The minimum absolute atomic E-state index is 0.00976. The van der Waals surface area contributed by atoms with Gasteiger partial charge < -0.3 is 4.42 Å². The number of thioether (sulfide) groups is 1. The summed E-state index contributed by atoms with van der Waals surface area (Å²) in [6, 6.07) is 10.9. The fourth-order valence-electron chi connectivity index (χ4n) is 2.96. The lowest BCUT2D eigenvalue weighted by molar-refractivity contribution is 0.102. The minimum atomic E-state index is -3.20. The summed E-state index contributed by atoms with van der Waals surface area (Å²) in [6.07, 6.45) is 3.29. The Hall–Kier alpha value is -2.43. The normalized spacial score (nSPS) is 11.9. The van der Waals surface area contributed by atoms with Crippen LogP contribution in [0.2, 0.25) is 0 Å². The van der Waals surface area contributed by atoms with Gasteiger partial charge in [0.05, 0.1) is 18.3 Å². The first-order chi connectivity index (χ1) is 14.7. The highest BCUT2D eigenvalue weighted by Gasteiger charge is 2.18. The largest absolute Gasteiger partial charge is 0.461 e. The number of ketones is 1. The average Bonchev–Trinajstić information content (AvgIpc) is 3.35. The lowest BCUT2D eigenvalue weighted by Gasteiger charge is -2.11. The summed E-state index contributed by atoms with van der Waals surface area (Å²) in [5.41, 5.74) is 1.56. The monoisotopic (exact) mass is 462 g/mol. The van der Waals surface area contributed by atoms with Crippen molar-refractivity contribution < 1.29 is 17.6 Å². The van der Waals surface area contributed by atoms with E-state index < -0.39 is 10.0 Å². The molecule has 0 amide bonds. The van der Waals surface area contributed by atoms with E-state index in [0.717, 1.165) is 18.4 Å². The second-order valence-electron chi connectivity index (χ2n) is 7.61. The van der Waals surface area contributed by atoms with Gasteiger partial charge in [0.1, 0.15) is 0 Å². The highest BCUT2D eigenvalue weighted by molar-refractivity contribution is 7.99. The number of hydrogen-bond donors (Lipinski definition) is 1. The number of benzene rings is 1. The van der Waals surface area contributed by atoms with E-state index in [-0.39, 0.29) is 11.5 Å². The van der Waals surface area contributed by atoms with E-state index in [1.165, 1.54) is 11.8 Å². The molecule has 0 atom stereocenters. The average molecular weight is 463 g/mol. The molecule has 3 aromatic rings. The molecule has 0 radical (unpaired) electrons. The van der Waals surface area contributed by atoms with Crippen molar-refractivity contribution in [3.8, 4) is 11.6 Å². The molecule has 0 fully saturated rings. The second kappa shape index (κ2) is 10.3. The van der Waals surface area contributed by atoms with Gasteiger partial charge in [0.15, 0.2) is 22.5 Å². The standard InChI is InChI=1S/C21H26N4O4S2/c1-15(2)13-25-20(19-5-4-12-29-19)23-24-21(25)30-14-18(26)17-8-6-16(7-9-17)10-11-22-31(3,27)28/h4-9,12,15,22H,10-11,13-14H2,1-3H3. The first-order valence-corrected chi connectivity index (χ1v) is 12.8. The Morgan fingerprint density at radius 1 is 1.19 bits per heavy atom. The lowest BCUT2D eigenvalue weighted by atomic mass is 10.1. The van der Waals surface area contributed by atoms with Gasteiger partial charge in [0, 0.05) is 18.7 Å². The third kappa shape index (κ3) is 6.78. The Bertz CT molecular complexity index is 1100. The maximum absolute atomic E-state index is 12.7. The number of aromatic nitrogens is 3. The van der Waals surface area contributed by atoms with Crippen LogP contribution in [-0.2, 0) is 23.0 Å². The molecular weight excluding hydrogens is 436 g/mol. The quantitative estimate of drug-likeness (QED) is 0.344. The number of nitrogens with one attached hydrogen (secondary N) is 1. The molecule has 0 saturated heterocycles. The first-order valence-electron chi connectivity index (χ1n) is 9.89. The highest BCUT2D eigenvalue weighted by atomic mass is 32.2. The number of rotatable bonds is 11. The number of sulfonamides is 1. The van der Waals surface area contributed by atoms with Crippen LogP contribution in [0.4, 0.5) is 0 Å². The van der Waals surface area contributed by atoms with Crippen LogP contribution in [-0.4, -0.2) is 47.5 Å². The Kier molecular flexibility index (Phi) is 7.69. The Morgan fingerprint density at radius 3 is 2.55 bits per heavy atom. The van der Waals surface area contributed by atoms with Crippen LogP contribution >= 0.6 is 11.8 Å². The summed E-state index contributed by atoms with van der Waals surface area (Å²) in [5.74, 6) is 1.91. The maximum atomic E-state index is 12.7. The second-order valence-corrected chi connectivity index (χ2v) is 10.4. The van der Waals surface area contributed by atoms with Gasteiger partial charge in [-0.25, -0.2) is 13.1 Å². The SMILES string of the molecule is CC(C)Cn1c(SCC(=O)c2ccc(CCNS(C)(=O)=O)cc2)nnc1-c1ccco1. The van der Waals surface area contributed by atoms with Gasteiger partial charge in [-0.2, -0.15) is 0 Å². The molecule has 0 unspecified atom stereocenters. The number of nitrogens with zero attached hydrogens (tertiary/aromatic N) is 3. The molecule has 166 valence electrons. The van der Waals surface area contributed by atoms with Gasteiger partial charge in [-0.1, -0.05) is 49.9 Å². The third-order valence-electron chi connectivity index (χ3n) is 4.39. The van der Waals surface area contributed by atoms with Crippen molar-refractivity contribution in [2.45, 2.75) is 32.0 Å². The highest BCUT2D eigenvalue weighted by Crippen LogP contribution is 2.26. The van der Waals surface area contributed by atoms with Gasteiger partial charge in [-0.3, -0.25) is 9.36 Å². The smallest absolute Gasteiger partial charge is 0.208 e. The molecule has 0 saturated carbocycles. The van der Waals surface area contributed by atoms with Crippen LogP contribution < -0.4 is 4.72 Å². The Balaban J connectivity index is 1.63. The molecule has 0 aliphatic carbocycles. The molecule has 1 N–H and O–H groups in total. The van der Waals surface area contributed by atoms with Crippen molar-refractivity contribution in [2.24, 2.45) is 5.92 Å². The molecule has 0 aliphatic rings. The van der Waals surface area contributed by atoms with Gasteiger partial charge in [0.2, 0.25) is 10.0 Å². The number of Topliss-reactive ketones (excluding diaryl/α,β-unsaturated/α-hetero) is 1. The van der Waals surface area contributed by atoms with Crippen molar-refractivity contribution in [1.29, 1.82) is 0 Å². The molecule has 8 nitrogen and oxygen atoms in total. The summed E-state index contributed by atoms with van der Waals surface area (Å²) >= 11 is 1.35. The van der Waals surface area contributed by atoms with E-state index in [1.54, 1.807) is 24.5 Å². The van der Waals surface area contributed by atoms with E-state index in [4.69, 9.17) is 4.42 Å². The number of carbonyl (C=O) groups is 1. The molecule has 0 bridgehead atoms. The number of carbonyl (C=O) groups excluding carboxylic acids is 1. The van der Waals surface area contributed by atoms with E-state index in [1.807, 2.05) is 22.8 Å². The number of furan rings is 1. The van der Waals surface area contributed by atoms with Gasteiger partial charge in [-0.15, -0.1) is 10.2 Å². The van der Waals surface area contributed by atoms with Crippen molar-refractivity contribution in [1.82, 2.24) is 19.5 Å². The van der Waals surface area contributed by atoms with E-state index in [9.17, 15) is 13.2 Å². The summed E-state index contributed by atoms with van der Waals surface area (Å²) in [4.78, 5) is 12.7. The zero-order valence-electron chi connectivity index (χ0n) is 17.7. The third-order valence-corrected chi connectivity index (χ3v) is 6.09. The molecule has 2 heterocycles. The predicted octanol–water partition coefficient (Wildman–Crippen LogP) is 3.26. The van der Waals surface area contributed by atoms with Gasteiger partial charge in [-0.05, 0) is 30.0 Å². The zero-order chi connectivity index (χ0) is 22.4. The predicted molar refractivity (Wildman–Crippen MR) is 121 cm³/mol. The van der Waals surface area contributed by atoms with E-state index >= 15 is 0 Å². The fraction of sp³-hybridized carbons (Fsp3) is 0.381. The van der Waals surface area contributed by atoms with Crippen molar-refractivity contribution in [2.75, 3.05) is 18.6 Å². The Labute approximate surface area is 186 Å². The van der Waals surface area contributed by atoms with Crippen LogP contribution in [0.25, 0.3) is 11.6 Å². The lowest BCUT2D eigenvalue weighted by Crippen LogP contribution is -2.24. The van der Waals surface area contributed by atoms with Crippen molar-refractivity contribution >= 4 is 27.6 Å². The van der Waals surface area contributed by atoms with Crippen molar-refractivity contribution in [3.63, 3.8) is 0 Å². The van der Waals surface area contributed by atoms with Crippen molar-refractivity contribution in [3.05, 3.63) is 53.8 Å². The number of hydrogen-bond acceptors (Lipinski definition) is 7. The summed E-state index contributed by atoms with van der Waals surface area (Å²) in [7, 11) is -3.20. The topological polar surface area (TPSA) is 107 Å². The fourth-order valence-corrected chi connectivity index (χ4v) is 4.28. The molecule has 31 heavy (non-hydrogen) atoms. The first kappa shape index (κ1) is 23.2. The summed E-state index contributed by atoms with van der Waals surface area (Å²) in [6.45, 7) is 5.26. The van der Waals surface area contributed by atoms with Crippen LogP contribution in [0.5, 0.6) is 0 Å². The molecule has 10 heteroatoms. The minimum Gasteiger partial charge on any atom is -0.461 e. The van der Waals surface area contributed by atoms with Crippen LogP contribution in [0, 0.1) is 5.92 Å². The maximum Gasteiger partial charge on any atom is 0.208 e. The molecular formula is C21H26N4O4S2. The summed E-state index contributed by atoms with van der Waals surface area (Å²) < 4.78 is 32.2. The van der Waals surface area contributed by atoms with Gasteiger partial charge >= 0.3 is 0 Å². The van der Waals surface area contributed by atoms with E-state index in [2.05, 4.69) is 28.8 Å². The van der Waals surface area contributed by atoms with Crippen LogP contribution in [0.15, 0.2) is 52.2 Å². The molecule has 0 spiro atoms. The molecule has 3 rings (SSSR count). The van der Waals surface area contributed by atoms with Crippen LogP contribution in [0.3, 0.4) is 0 Å². The van der Waals surface area contributed by atoms with E-state index in [0.29, 0.717) is 41.2 Å². The summed E-state index contributed by atoms with van der Waals surface area (Å²) in [5, 5.41) is 9.20. The zero-order valence-corrected chi connectivity index (χ0v) is 19.4. The van der Waals surface area contributed by atoms with Crippen LogP contribution in [0.1, 0.15) is 29.8 Å². The molecule has 2 aromatic heterocycles. The molecule has 0 aliphatic heterocycles. The Morgan fingerprint density at radius 2 is 1.94 bits per heavy atom. The molecule has 1 aromatic carbocycles.